The van der Waals surface area contributed by atoms with E-state index in [4.69, 9.17) is 0 Å². The number of hydrogen-bond acceptors (Lipinski definition) is 5. The van der Waals surface area contributed by atoms with Crippen LogP contribution in [0.25, 0.3) is 0 Å². The molecule has 5 saturated carbocycles. The van der Waals surface area contributed by atoms with E-state index in [0.29, 0.717) is 71.0 Å². The van der Waals surface area contributed by atoms with E-state index in [2.05, 4.69) is 70.9 Å². The Morgan fingerprint density at radius 3 is 2.39 bits per heavy atom. The quantitative estimate of drug-likeness (QED) is 0.164. The van der Waals surface area contributed by atoms with Gasteiger partial charge in [-0.15, -0.1) is 0 Å². The zero-order valence-corrected chi connectivity index (χ0v) is 33.5. The molecule has 8 rings (SSSR count). The van der Waals surface area contributed by atoms with E-state index < -0.39 is 15.8 Å². The number of carboxylic acids is 1. The van der Waals surface area contributed by atoms with Crippen molar-refractivity contribution in [2.45, 2.75) is 136 Å². The summed E-state index contributed by atoms with van der Waals surface area (Å²) in [6, 6.07) is 0. The van der Waals surface area contributed by atoms with E-state index in [1.54, 1.807) is 0 Å². The van der Waals surface area contributed by atoms with Gasteiger partial charge >= 0.3 is 5.97 Å². The third kappa shape index (κ3) is 5.40. The fourth-order valence-electron chi connectivity index (χ4n) is 15.4. The molecule has 0 aromatic carbocycles. The van der Waals surface area contributed by atoms with Crippen molar-refractivity contribution < 1.29 is 18.3 Å². The summed E-state index contributed by atoms with van der Waals surface area (Å²) in [4.78, 5) is 11.7. The summed E-state index contributed by atoms with van der Waals surface area (Å²) < 4.78 is 25.2. The fraction of sp³-hybridized carbons (Fsp3) is 0.841. The van der Waals surface area contributed by atoms with Crippen LogP contribution < -0.4 is 10.6 Å². The van der Waals surface area contributed by atoms with E-state index in [0.717, 1.165) is 38.8 Å². The van der Waals surface area contributed by atoms with Crippen molar-refractivity contribution in [1.29, 1.82) is 0 Å². The predicted octanol–water partition coefficient (Wildman–Crippen LogP) is 8.36. The molecule has 0 spiro atoms. The first-order chi connectivity index (χ1) is 24.0. The highest BCUT2D eigenvalue weighted by Gasteiger charge is 2.70. The Kier molecular flexibility index (Phi) is 8.80. The largest absolute Gasteiger partial charge is 0.481 e. The Bertz CT molecular complexity index is 1630. The lowest BCUT2D eigenvalue weighted by Gasteiger charge is -2.72. The Hall–Kier alpha value is -1.44. The Labute approximate surface area is 309 Å². The van der Waals surface area contributed by atoms with E-state index in [9.17, 15) is 18.3 Å². The summed E-state index contributed by atoms with van der Waals surface area (Å²) in [6.45, 7) is 22.4. The molecule has 3 N–H and O–H groups in total. The molecule has 7 heteroatoms. The standard InChI is InChI=1S/C44H68N2O4S/c1-27(2)31-14-19-44(46-23-22-45-25-35-32-24-30(32)26-51(35,49)50)21-20-42(6)34(38(31)44)12-13-37-41(5)17-15-33(28-8-10-29(11-9-28)39(47)48)40(3,4)36(41)16-18-43(37,42)7/h8,15,29-32,34-38,45-46H,1,9-14,16-26H2,2-7H3,(H,47,48)/t29-,30?,31-,32?,34+,35+,36-,37+,38+,41-,42+,43+,44-/m0/s1. The fourth-order valence-corrected chi connectivity index (χ4v) is 17.9. The van der Waals surface area contributed by atoms with E-state index in [-0.39, 0.29) is 27.5 Å². The average Bonchev–Trinajstić information content (AvgIpc) is 3.59. The summed E-state index contributed by atoms with van der Waals surface area (Å²) in [7, 11) is -2.91. The molecule has 2 unspecified atom stereocenters. The number of hydrogen-bond donors (Lipinski definition) is 3. The molecule has 51 heavy (non-hydrogen) atoms. The van der Waals surface area contributed by atoms with Crippen LogP contribution in [-0.4, -0.2) is 55.7 Å². The van der Waals surface area contributed by atoms with Crippen LogP contribution in [0.4, 0.5) is 0 Å². The first-order valence-electron chi connectivity index (χ1n) is 20.9. The van der Waals surface area contributed by atoms with Crippen molar-refractivity contribution in [3.8, 4) is 0 Å². The van der Waals surface area contributed by atoms with Crippen molar-refractivity contribution in [2.24, 2.45) is 69.0 Å². The van der Waals surface area contributed by atoms with Crippen LogP contribution in [0.1, 0.15) is 125 Å². The molecule has 1 aliphatic heterocycles. The monoisotopic (exact) mass is 720 g/mol. The predicted molar refractivity (Wildman–Crippen MR) is 206 cm³/mol. The number of carboxylic acid groups (broad SMARTS) is 1. The summed E-state index contributed by atoms with van der Waals surface area (Å²) in [5.74, 6) is 3.61. The minimum absolute atomic E-state index is 0.0897. The summed E-state index contributed by atoms with van der Waals surface area (Å²) in [5, 5.41) is 17.2. The van der Waals surface area contributed by atoms with Crippen LogP contribution in [-0.2, 0) is 14.6 Å². The molecular formula is C44H68N2O4S. The van der Waals surface area contributed by atoms with Crippen molar-refractivity contribution >= 4 is 15.8 Å². The minimum atomic E-state index is -2.91. The number of carbonyl (C=O) groups is 1. The minimum Gasteiger partial charge on any atom is -0.481 e. The second kappa shape index (κ2) is 12.3. The summed E-state index contributed by atoms with van der Waals surface area (Å²) in [5.41, 5.74) is 5.43. The highest BCUT2D eigenvalue weighted by molar-refractivity contribution is 7.92. The molecule has 8 aliphatic rings. The molecule has 7 aliphatic carbocycles. The molecule has 0 radical (unpaired) electrons. The molecule has 0 aromatic heterocycles. The maximum absolute atomic E-state index is 12.6. The van der Waals surface area contributed by atoms with E-state index >= 15 is 0 Å². The second-order valence-corrected chi connectivity index (χ2v) is 22.8. The number of fused-ring (bicyclic) bond motifs is 8. The number of aliphatic carboxylic acids is 1. The number of sulfone groups is 1. The third-order valence-corrected chi connectivity index (χ3v) is 20.6. The molecule has 0 amide bonds. The molecule has 0 bridgehead atoms. The van der Waals surface area contributed by atoms with Crippen LogP contribution in [0.2, 0.25) is 0 Å². The van der Waals surface area contributed by atoms with Gasteiger partial charge in [0.15, 0.2) is 9.84 Å². The Morgan fingerprint density at radius 1 is 0.941 bits per heavy atom. The molecule has 6 nitrogen and oxygen atoms in total. The third-order valence-electron chi connectivity index (χ3n) is 18.2. The molecule has 284 valence electrons. The summed E-state index contributed by atoms with van der Waals surface area (Å²) in [6.07, 6.45) is 19.7. The smallest absolute Gasteiger partial charge is 0.306 e. The Morgan fingerprint density at radius 2 is 1.73 bits per heavy atom. The second-order valence-electron chi connectivity index (χ2n) is 20.6. The number of rotatable bonds is 9. The normalized spacial score (nSPS) is 48.9. The van der Waals surface area contributed by atoms with Gasteiger partial charge in [0.05, 0.1) is 16.9 Å². The molecule has 6 fully saturated rings. The van der Waals surface area contributed by atoms with E-state index in [1.165, 1.54) is 68.1 Å². The van der Waals surface area contributed by atoms with Gasteiger partial charge in [-0.05, 0) is 165 Å². The van der Waals surface area contributed by atoms with E-state index in [1.807, 2.05) is 0 Å². The van der Waals surface area contributed by atoms with Crippen LogP contribution in [0.5, 0.6) is 0 Å². The molecule has 13 atom stereocenters. The average molecular weight is 721 g/mol. The van der Waals surface area contributed by atoms with Crippen molar-refractivity contribution in [1.82, 2.24) is 10.6 Å². The van der Waals surface area contributed by atoms with Gasteiger partial charge in [-0.2, -0.15) is 0 Å². The van der Waals surface area contributed by atoms with Gasteiger partial charge in [-0.25, -0.2) is 8.42 Å². The topological polar surface area (TPSA) is 95.5 Å². The lowest BCUT2D eigenvalue weighted by atomic mass is 9.33. The zero-order valence-electron chi connectivity index (χ0n) is 32.7. The molecule has 1 heterocycles. The van der Waals surface area contributed by atoms with Gasteiger partial charge in [-0.1, -0.05) is 58.9 Å². The molecule has 1 saturated heterocycles. The molecule has 0 aromatic rings. The lowest BCUT2D eigenvalue weighted by Crippen LogP contribution is -2.68. The van der Waals surface area contributed by atoms with Crippen molar-refractivity contribution in [2.75, 3.05) is 25.4 Å². The highest BCUT2D eigenvalue weighted by Crippen LogP contribution is 2.76. The van der Waals surface area contributed by atoms with Gasteiger partial charge in [0.25, 0.3) is 0 Å². The van der Waals surface area contributed by atoms with Gasteiger partial charge < -0.3 is 15.7 Å². The van der Waals surface area contributed by atoms with Crippen molar-refractivity contribution in [3.05, 3.63) is 35.5 Å². The van der Waals surface area contributed by atoms with Gasteiger partial charge in [-0.3, -0.25) is 4.79 Å². The first kappa shape index (κ1) is 36.5. The SMILES string of the molecule is C=C(C)[C@@H]1CC[C@]2(NCCNC[C@@H]3C4CC4CS3(=O)=O)CC[C@]3(C)[C@H](CC[C@@H]4[C@@]5(C)CC=C(C6=CC[C@H](C(=O)O)CC6)C(C)(C)[C@@H]5CC[C@]43C)[C@@H]12. The highest BCUT2D eigenvalue weighted by atomic mass is 32.2. The van der Waals surface area contributed by atoms with Crippen LogP contribution in [0, 0.1) is 69.0 Å². The van der Waals surface area contributed by atoms with Crippen LogP contribution in [0.15, 0.2) is 35.5 Å². The van der Waals surface area contributed by atoms with Crippen LogP contribution >= 0.6 is 0 Å². The Balaban J connectivity index is 1.01. The zero-order chi connectivity index (χ0) is 36.4. The maximum atomic E-state index is 12.6. The van der Waals surface area contributed by atoms with Gasteiger partial charge in [0.2, 0.25) is 0 Å². The maximum Gasteiger partial charge on any atom is 0.306 e. The van der Waals surface area contributed by atoms with Gasteiger partial charge in [0.1, 0.15) is 0 Å². The number of allylic oxidation sites excluding steroid dienone is 5. The van der Waals surface area contributed by atoms with Crippen LogP contribution in [0.3, 0.4) is 0 Å². The first-order valence-corrected chi connectivity index (χ1v) is 22.7. The van der Waals surface area contributed by atoms with Crippen molar-refractivity contribution in [3.63, 3.8) is 0 Å². The number of nitrogens with one attached hydrogen (secondary N) is 2. The summed E-state index contributed by atoms with van der Waals surface area (Å²) >= 11 is 0. The molecular weight excluding hydrogens is 653 g/mol. The lowest BCUT2D eigenvalue weighted by molar-refractivity contribution is -0.221. The van der Waals surface area contributed by atoms with Gasteiger partial charge in [0, 0.05) is 25.2 Å².